The number of benzene rings is 3. The highest BCUT2D eigenvalue weighted by Gasteiger charge is 2.51. The SMILES string of the molecule is C[C@H]1[C@@H](CN2CCOCC2)O[C@@H](c2cccc(-c3cccc(CNC(=O)NC45CC6CC(CC(C6)C4)C5)c3)c2)O[C@H]1c1ccc(CO)cc1. The lowest BCUT2D eigenvalue weighted by Crippen LogP contribution is -2.61. The minimum absolute atomic E-state index is 0.00522. The van der Waals surface area contributed by atoms with E-state index in [1.54, 1.807) is 0 Å². The average Bonchev–Trinajstić information content (AvgIpc) is 3.11. The van der Waals surface area contributed by atoms with Gasteiger partial charge in [0.1, 0.15) is 0 Å². The predicted molar refractivity (Wildman–Crippen MR) is 188 cm³/mol. The Morgan fingerprint density at radius 3 is 2.20 bits per heavy atom. The number of carbonyl (C=O) groups excluding carboxylic acids is 1. The first-order chi connectivity index (χ1) is 23.9. The van der Waals surface area contributed by atoms with Gasteiger partial charge in [0.25, 0.3) is 0 Å². The third-order valence-corrected chi connectivity index (χ3v) is 12.0. The molecule has 0 aromatic heterocycles. The molecule has 0 spiro atoms. The van der Waals surface area contributed by atoms with E-state index in [1.807, 2.05) is 12.1 Å². The fourth-order valence-corrected chi connectivity index (χ4v) is 9.82. The Hall–Kier alpha value is -3.27. The van der Waals surface area contributed by atoms with Gasteiger partial charge in [0.2, 0.25) is 0 Å². The van der Waals surface area contributed by atoms with E-state index in [0.29, 0.717) is 6.54 Å². The van der Waals surface area contributed by atoms with E-state index in [9.17, 15) is 9.90 Å². The molecule has 4 saturated carbocycles. The molecule has 8 nitrogen and oxygen atoms in total. The second kappa shape index (κ2) is 14.2. The maximum absolute atomic E-state index is 13.1. The summed E-state index contributed by atoms with van der Waals surface area (Å²) in [4.78, 5) is 15.6. The average molecular weight is 666 g/mol. The fraction of sp³-hybridized carbons (Fsp3) is 0.537. The number of urea groups is 1. The normalized spacial score (nSPS) is 32.6. The molecule has 9 rings (SSSR count). The molecule has 2 saturated heterocycles. The van der Waals surface area contributed by atoms with Gasteiger partial charge >= 0.3 is 6.03 Å². The van der Waals surface area contributed by atoms with Crippen molar-refractivity contribution in [3.8, 4) is 11.1 Å². The summed E-state index contributed by atoms with van der Waals surface area (Å²) in [6, 6.07) is 24.9. The maximum atomic E-state index is 13.1. The van der Waals surface area contributed by atoms with Gasteiger partial charge in [-0.25, -0.2) is 4.79 Å². The van der Waals surface area contributed by atoms with Gasteiger partial charge < -0.3 is 30.0 Å². The van der Waals surface area contributed by atoms with Gasteiger partial charge in [-0.3, -0.25) is 4.90 Å². The van der Waals surface area contributed by atoms with Crippen molar-refractivity contribution in [2.45, 2.75) is 82.6 Å². The van der Waals surface area contributed by atoms with Gasteiger partial charge in [-0.05, 0) is 96.2 Å². The Kier molecular flexibility index (Phi) is 9.51. The quantitative estimate of drug-likeness (QED) is 0.235. The van der Waals surface area contributed by atoms with Crippen molar-refractivity contribution in [2.24, 2.45) is 23.7 Å². The topological polar surface area (TPSA) is 92.3 Å². The third kappa shape index (κ3) is 7.31. The number of hydrogen-bond donors (Lipinski definition) is 3. The number of carbonyl (C=O) groups is 1. The van der Waals surface area contributed by atoms with Gasteiger partial charge in [-0.15, -0.1) is 0 Å². The lowest BCUT2D eigenvalue weighted by atomic mass is 9.53. The van der Waals surface area contributed by atoms with Gasteiger partial charge in [0.15, 0.2) is 6.29 Å². The largest absolute Gasteiger partial charge is 0.392 e. The highest BCUT2D eigenvalue weighted by Crippen LogP contribution is 2.55. The monoisotopic (exact) mass is 665 g/mol. The Bertz CT molecular complexity index is 1570. The van der Waals surface area contributed by atoms with Crippen LogP contribution in [0.15, 0.2) is 72.8 Å². The molecule has 4 bridgehead atoms. The minimum Gasteiger partial charge on any atom is -0.392 e. The van der Waals surface area contributed by atoms with Gasteiger partial charge in [0, 0.05) is 43.2 Å². The summed E-state index contributed by atoms with van der Waals surface area (Å²) in [5, 5.41) is 16.2. The van der Waals surface area contributed by atoms with Crippen molar-refractivity contribution in [2.75, 3.05) is 32.8 Å². The molecule has 2 aliphatic heterocycles. The van der Waals surface area contributed by atoms with E-state index >= 15 is 0 Å². The van der Waals surface area contributed by atoms with Crippen molar-refractivity contribution in [3.05, 3.63) is 95.1 Å². The van der Waals surface area contributed by atoms with Crippen LogP contribution in [-0.4, -0.2) is 60.5 Å². The molecule has 4 atom stereocenters. The molecular formula is C41H51N3O5. The molecule has 260 valence electrons. The van der Waals surface area contributed by atoms with Gasteiger partial charge in [0.05, 0.1) is 32.0 Å². The standard InChI is InChI=1S/C41H51N3O5/c1-27-37(25-44-12-14-47-15-13-44)48-39(49-38(27)33-10-8-28(26-45)9-11-33)36-7-3-6-35(20-36)34-5-2-4-29(19-34)24-42-40(46)43-41-21-30-16-31(22-41)18-32(17-30)23-41/h2-11,19-20,27,30-32,37-39,45H,12-18,21-26H2,1H3,(H2,42,43,46)/t27-,30?,31?,32?,37+,38+,39+,41?/m0/s1. The third-order valence-electron chi connectivity index (χ3n) is 12.0. The van der Waals surface area contributed by atoms with Crippen molar-refractivity contribution in [1.29, 1.82) is 0 Å². The predicted octanol–water partition coefficient (Wildman–Crippen LogP) is 6.74. The van der Waals surface area contributed by atoms with Crippen LogP contribution in [0.3, 0.4) is 0 Å². The first-order valence-corrected chi connectivity index (χ1v) is 18.5. The van der Waals surface area contributed by atoms with Crippen molar-refractivity contribution in [3.63, 3.8) is 0 Å². The Morgan fingerprint density at radius 1 is 0.837 bits per heavy atom. The maximum Gasteiger partial charge on any atom is 0.315 e. The Morgan fingerprint density at radius 2 is 1.51 bits per heavy atom. The lowest BCUT2D eigenvalue weighted by molar-refractivity contribution is -0.277. The minimum atomic E-state index is -0.525. The molecule has 49 heavy (non-hydrogen) atoms. The number of nitrogens with zero attached hydrogens (tertiary/aromatic N) is 1. The summed E-state index contributed by atoms with van der Waals surface area (Å²) in [6.45, 7) is 6.83. The van der Waals surface area contributed by atoms with Crippen LogP contribution in [0.4, 0.5) is 4.79 Å². The second-order valence-electron chi connectivity index (χ2n) is 15.6. The summed E-state index contributed by atoms with van der Waals surface area (Å²) in [5.74, 6) is 2.52. The molecule has 2 heterocycles. The molecule has 0 unspecified atom stereocenters. The first kappa shape index (κ1) is 32.9. The number of aliphatic hydroxyl groups is 1. The van der Waals surface area contributed by atoms with Gasteiger partial charge in [-0.1, -0.05) is 67.6 Å². The first-order valence-electron chi connectivity index (χ1n) is 18.5. The van der Waals surface area contributed by atoms with Crippen LogP contribution in [-0.2, 0) is 27.4 Å². The summed E-state index contributed by atoms with van der Waals surface area (Å²) >= 11 is 0. The molecule has 3 N–H and O–H groups in total. The van der Waals surface area contributed by atoms with Crippen LogP contribution >= 0.6 is 0 Å². The molecule has 4 aliphatic carbocycles. The molecule has 3 aromatic rings. The smallest absolute Gasteiger partial charge is 0.315 e. The van der Waals surface area contributed by atoms with E-state index in [0.717, 1.165) is 103 Å². The van der Waals surface area contributed by atoms with Crippen LogP contribution in [0.25, 0.3) is 11.1 Å². The Labute approximate surface area is 290 Å². The Balaban J connectivity index is 0.964. The number of ether oxygens (including phenoxy) is 3. The number of nitrogens with one attached hydrogen (secondary N) is 2. The van der Waals surface area contributed by atoms with E-state index in [4.69, 9.17) is 14.2 Å². The van der Waals surface area contributed by atoms with Crippen LogP contribution in [0.5, 0.6) is 0 Å². The highest BCUT2D eigenvalue weighted by molar-refractivity contribution is 5.75. The molecule has 6 fully saturated rings. The van der Waals surface area contributed by atoms with E-state index < -0.39 is 6.29 Å². The second-order valence-corrected chi connectivity index (χ2v) is 15.6. The van der Waals surface area contributed by atoms with E-state index in [1.165, 1.54) is 19.3 Å². The van der Waals surface area contributed by atoms with Crippen molar-refractivity contribution < 1.29 is 24.1 Å². The van der Waals surface area contributed by atoms with Crippen LogP contribution in [0, 0.1) is 23.7 Å². The van der Waals surface area contributed by atoms with Crippen molar-refractivity contribution in [1.82, 2.24) is 15.5 Å². The summed E-state index contributed by atoms with van der Waals surface area (Å²) in [7, 11) is 0. The molecule has 0 radical (unpaired) electrons. The molecule has 3 aromatic carbocycles. The van der Waals surface area contributed by atoms with E-state index in [-0.39, 0.29) is 36.3 Å². The molecular weight excluding hydrogens is 614 g/mol. The number of hydrogen-bond acceptors (Lipinski definition) is 6. The zero-order valence-corrected chi connectivity index (χ0v) is 28.7. The lowest BCUT2D eigenvalue weighted by Gasteiger charge is -2.56. The van der Waals surface area contributed by atoms with Crippen LogP contribution < -0.4 is 10.6 Å². The zero-order valence-electron chi connectivity index (χ0n) is 28.7. The van der Waals surface area contributed by atoms with Gasteiger partial charge in [-0.2, -0.15) is 0 Å². The molecule has 2 amide bonds. The number of amides is 2. The molecule has 8 heteroatoms. The van der Waals surface area contributed by atoms with Crippen LogP contribution in [0.1, 0.15) is 80.1 Å². The number of rotatable bonds is 9. The summed E-state index contributed by atoms with van der Waals surface area (Å²) < 4.78 is 19.1. The zero-order chi connectivity index (χ0) is 33.4. The highest BCUT2D eigenvalue weighted by atomic mass is 16.7. The van der Waals surface area contributed by atoms with E-state index in [2.05, 4.69) is 83.1 Å². The summed E-state index contributed by atoms with van der Waals surface area (Å²) in [5.41, 5.74) is 6.20. The summed E-state index contributed by atoms with van der Waals surface area (Å²) in [6.07, 6.45) is 6.84. The number of aliphatic hydroxyl groups excluding tert-OH is 1. The van der Waals surface area contributed by atoms with Crippen molar-refractivity contribution >= 4 is 6.03 Å². The van der Waals surface area contributed by atoms with Crippen LogP contribution in [0.2, 0.25) is 0 Å². The number of morpholine rings is 1. The molecule has 6 aliphatic rings. The fourth-order valence-electron chi connectivity index (χ4n) is 9.82.